The molecule has 5 nitrogen and oxygen atoms in total. The number of hydrogen-bond acceptors (Lipinski definition) is 5. The Hall–Kier alpha value is -1.62. The first-order valence-electron chi connectivity index (χ1n) is 5.73. The molecule has 1 saturated heterocycles. The number of anilines is 1. The lowest BCUT2D eigenvalue weighted by atomic mass is 10.0. The predicted octanol–water partition coefficient (Wildman–Crippen LogP) is 1.25. The first-order chi connectivity index (χ1) is 8.25. The van der Waals surface area contributed by atoms with Crippen molar-refractivity contribution in [2.75, 3.05) is 25.6 Å². The van der Waals surface area contributed by atoms with Crippen molar-refractivity contribution >= 4 is 11.8 Å². The summed E-state index contributed by atoms with van der Waals surface area (Å²) in [6, 6.07) is 4.92. The molecular weight excluding hydrogens is 220 g/mol. The largest absolute Gasteiger partial charge is 0.461 e. The molecule has 0 aliphatic carbocycles. The Labute approximate surface area is 99.9 Å². The highest BCUT2D eigenvalue weighted by Gasteiger charge is 2.17. The Bertz CT molecular complexity index is 389. The average molecular weight is 236 g/mol. The van der Waals surface area contributed by atoms with Crippen molar-refractivity contribution in [3.63, 3.8) is 0 Å². The summed E-state index contributed by atoms with van der Waals surface area (Å²) in [7, 11) is 0. The van der Waals surface area contributed by atoms with E-state index in [1.807, 2.05) is 0 Å². The Morgan fingerprint density at radius 2 is 2.24 bits per heavy atom. The van der Waals surface area contributed by atoms with Crippen LogP contribution in [0.4, 0.5) is 5.82 Å². The van der Waals surface area contributed by atoms with Crippen molar-refractivity contribution in [1.82, 2.24) is 4.98 Å². The fraction of sp³-hybridized carbons (Fsp3) is 0.500. The molecule has 1 fully saturated rings. The maximum Gasteiger partial charge on any atom is 0.357 e. The quantitative estimate of drug-likeness (QED) is 0.799. The SMILES string of the molecule is Nc1cccc(C(=O)OCC2CCOCC2)n1. The van der Waals surface area contributed by atoms with E-state index < -0.39 is 5.97 Å². The Morgan fingerprint density at radius 1 is 1.47 bits per heavy atom. The van der Waals surface area contributed by atoms with E-state index >= 15 is 0 Å². The van der Waals surface area contributed by atoms with Gasteiger partial charge in [-0.2, -0.15) is 0 Å². The summed E-state index contributed by atoms with van der Waals surface area (Å²) < 4.78 is 10.4. The molecule has 0 aromatic carbocycles. The highest BCUT2D eigenvalue weighted by Crippen LogP contribution is 2.15. The van der Waals surface area contributed by atoms with E-state index in [0.717, 1.165) is 26.1 Å². The number of nitrogen functional groups attached to an aromatic ring is 1. The van der Waals surface area contributed by atoms with E-state index in [-0.39, 0.29) is 5.69 Å². The molecule has 0 radical (unpaired) electrons. The summed E-state index contributed by atoms with van der Waals surface area (Å²) in [6.45, 7) is 1.93. The van der Waals surface area contributed by atoms with Gasteiger partial charge >= 0.3 is 5.97 Å². The van der Waals surface area contributed by atoms with Gasteiger partial charge in [-0.05, 0) is 30.9 Å². The van der Waals surface area contributed by atoms with Crippen LogP contribution in [0.5, 0.6) is 0 Å². The number of ether oxygens (including phenoxy) is 2. The summed E-state index contributed by atoms with van der Waals surface area (Å²) in [4.78, 5) is 15.6. The zero-order valence-electron chi connectivity index (χ0n) is 9.59. The lowest BCUT2D eigenvalue weighted by Crippen LogP contribution is -2.22. The summed E-state index contributed by atoms with van der Waals surface area (Å²) in [5.41, 5.74) is 5.76. The molecule has 1 aromatic heterocycles. The molecule has 0 atom stereocenters. The number of nitrogens with zero attached hydrogens (tertiary/aromatic N) is 1. The van der Waals surface area contributed by atoms with E-state index in [1.165, 1.54) is 0 Å². The van der Waals surface area contributed by atoms with Crippen LogP contribution in [0.2, 0.25) is 0 Å². The van der Waals surface area contributed by atoms with Crippen LogP contribution in [0.1, 0.15) is 23.3 Å². The van der Waals surface area contributed by atoms with Crippen LogP contribution in [0.3, 0.4) is 0 Å². The van der Waals surface area contributed by atoms with Gasteiger partial charge in [-0.3, -0.25) is 0 Å². The van der Waals surface area contributed by atoms with Gasteiger partial charge < -0.3 is 15.2 Å². The van der Waals surface area contributed by atoms with Gasteiger partial charge in [-0.15, -0.1) is 0 Å². The molecule has 0 spiro atoms. The van der Waals surface area contributed by atoms with Crippen LogP contribution in [-0.4, -0.2) is 30.8 Å². The normalized spacial score (nSPS) is 16.7. The van der Waals surface area contributed by atoms with Gasteiger partial charge in [0.05, 0.1) is 6.61 Å². The predicted molar refractivity (Wildman–Crippen MR) is 62.5 cm³/mol. The van der Waals surface area contributed by atoms with Crippen molar-refractivity contribution in [3.8, 4) is 0 Å². The molecule has 0 saturated carbocycles. The molecular formula is C12H16N2O3. The molecule has 2 rings (SSSR count). The van der Waals surface area contributed by atoms with Gasteiger partial charge in [-0.25, -0.2) is 9.78 Å². The first-order valence-corrected chi connectivity index (χ1v) is 5.73. The Balaban J connectivity index is 1.84. The van der Waals surface area contributed by atoms with Crippen LogP contribution < -0.4 is 5.73 Å². The zero-order valence-corrected chi connectivity index (χ0v) is 9.59. The number of rotatable bonds is 3. The second-order valence-electron chi connectivity index (χ2n) is 4.10. The second kappa shape index (κ2) is 5.63. The van der Waals surface area contributed by atoms with E-state index in [2.05, 4.69) is 4.98 Å². The lowest BCUT2D eigenvalue weighted by Gasteiger charge is -2.21. The van der Waals surface area contributed by atoms with Gasteiger partial charge in [0.2, 0.25) is 0 Å². The third-order valence-electron chi connectivity index (χ3n) is 2.77. The van der Waals surface area contributed by atoms with Crippen molar-refractivity contribution in [2.24, 2.45) is 5.92 Å². The smallest absolute Gasteiger partial charge is 0.357 e. The summed E-state index contributed by atoms with van der Waals surface area (Å²) in [6.07, 6.45) is 1.88. The number of pyridine rings is 1. The van der Waals surface area contributed by atoms with Crippen molar-refractivity contribution in [2.45, 2.75) is 12.8 Å². The van der Waals surface area contributed by atoms with Gasteiger partial charge in [0.25, 0.3) is 0 Å². The van der Waals surface area contributed by atoms with Gasteiger partial charge in [0, 0.05) is 13.2 Å². The third kappa shape index (κ3) is 3.42. The summed E-state index contributed by atoms with van der Waals surface area (Å²) >= 11 is 0. The second-order valence-corrected chi connectivity index (χ2v) is 4.10. The van der Waals surface area contributed by atoms with Gasteiger partial charge in [0.1, 0.15) is 5.82 Å². The maximum atomic E-state index is 11.7. The van der Waals surface area contributed by atoms with E-state index in [0.29, 0.717) is 18.3 Å². The Kier molecular flexibility index (Phi) is 3.93. The van der Waals surface area contributed by atoms with Gasteiger partial charge in [-0.1, -0.05) is 6.07 Å². The fourth-order valence-electron chi connectivity index (χ4n) is 1.75. The minimum absolute atomic E-state index is 0.261. The lowest BCUT2D eigenvalue weighted by molar-refractivity contribution is 0.0181. The molecule has 0 unspecified atom stereocenters. The molecule has 2 N–H and O–H groups in total. The highest BCUT2D eigenvalue weighted by molar-refractivity contribution is 5.87. The first kappa shape index (κ1) is 11.9. The maximum absolute atomic E-state index is 11.7. The van der Waals surface area contributed by atoms with Crippen LogP contribution in [-0.2, 0) is 9.47 Å². The minimum Gasteiger partial charge on any atom is -0.461 e. The molecule has 92 valence electrons. The topological polar surface area (TPSA) is 74.4 Å². The molecule has 2 heterocycles. The molecule has 1 aliphatic heterocycles. The molecule has 0 bridgehead atoms. The Morgan fingerprint density at radius 3 is 2.94 bits per heavy atom. The third-order valence-corrected chi connectivity index (χ3v) is 2.77. The number of carbonyl (C=O) groups excluding carboxylic acids is 1. The summed E-state index contributed by atoms with van der Waals surface area (Å²) in [5.74, 6) is 0.308. The molecule has 17 heavy (non-hydrogen) atoms. The molecule has 1 aliphatic rings. The zero-order chi connectivity index (χ0) is 12.1. The van der Waals surface area contributed by atoms with Crippen LogP contribution in [0.15, 0.2) is 18.2 Å². The van der Waals surface area contributed by atoms with Crippen LogP contribution >= 0.6 is 0 Å². The monoisotopic (exact) mass is 236 g/mol. The standard InChI is InChI=1S/C12H16N2O3/c13-11-3-1-2-10(14-11)12(15)17-8-9-4-6-16-7-5-9/h1-3,9H,4-8H2,(H2,13,14). The van der Waals surface area contributed by atoms with Gasteiger partial charge in [0.15, 0.2) is 5.69 Å². The van der Waals surface area contributed by atoms with Crippen molar-refractivity contribution in [3.05, 3.63) is 23.9 Å². The van der Waals surface area contributed by atoms with E-state index in [1.54, 1.807) is 18.2 Å². The number of carbonyl (C=O) groups is 1. The van der Waals surface area contributed by atoms with Crippen molar-refractivity contribution < 1.29 is 14.3 Å². The highest BCUT2D eigenvalue weighted by atomic mass is 16.5. The van der Waals surface area contributed by atoms with E-state index in [9.17, 15) is 4.79 Å². The van der Waals surface area contributed by atoms with Crippen LogP contribution in [0.25, 0.3) is 0 Å². The average Bonchev–Trinajstić information content (AvgIpc) is 2.37. The number of aromatic nitrogens is 1. The summed E-state index contributed by atoms with van der Waals surface area (Å²) in [5, 5.41) is 0. The van der Waals surface area contributed by atoms with Crippen LogP contribution in [0, 0.1) is 5.92 Å². The number of nitrogens with two attached hydrogens (primary N) is 1. The van der Waals surface area contributed by atoms with E-state index in [4.69, 9.17) is 15.2 Å². The number of hydrogen-bond donors (Lipinski definition) is 1. The molecule has 0 amide bonds. The number of esters is 1. The van der Waals surface area contributed by atoms with Crippen molar-refractivity contribution in [1.29, 1.82) is 0 Å². The minimum atomic E-state index is -0.413. The molecule has 5 heteroatoms. The molecule has 1 aromatic rings. The fourth-order valence-corrected chi connectivity index (χ4v) is 1.75.